The van der Waals surface area contributed by atoms with Crippen molar-refractivity contribution in [3.05, 3.63) is 132 Å². The molecule has 40 heavy (non-hydrogen) atoms. The summed E-state index contributed by atoms with van der Waals surface area (Å²) in [5, 5.41) is 8.14. The van der Waals surface area contributed by atoms with Gasteiger partial charge in [0.25, 0.3) is 0 Å². The number of fused-ring (bicyclic) bond motifs is 8. The van der Waals surface area contributed by atoms with Crippen LogP contribution in [-0.4, -0.2) is 19.9 Å². The van der Waals surface area contributed by atoms with Gasteiger partial charge in [-0.2, -0.15) is 0 Å². The molecule has 2 aliphatic rings. The van der Waals surface area contributed by atoms with Crippen molar-refractivity contribution in [3.8, 4) is 0 Å². The lowest BCUT2D eigenvalue weighted by atomic mass is 9.95. The fraction of sp³-hybridized carbons (Fsp3) is 0. The van der Waals surface area contributed by atoms with Gasteiger partial charge in [0.1, 0.15) is 0 Å². The molecule has 7 aromatic rings. The van der Waals surface area contributed by atoms with Crippen LogP contribution in [0.3, 0.4) is 0 Å². The van der Waals surface area contributed by atoms with Crippen LogP contribution >= 0.6 is 0 Å². The Morgan fingerprint density at radius 1 is 0.350 bits per heavy atom. The van der Waals surface area contributed by atoms with Crippen molar-refractivity contribution in [1.82, 2.24) is 19.9 Å². The second-order valence-electron chi connectivity index (χ2n) is 10.2. The number of rotatable bonds is 0. The first-order valence-electron chi connectivity index (χ1n) is 13.4. The fourth-order valence-electron chi connectivity index (χ4n) is 5.61. The van der Waals surface area contributed by atoms with Gasteiger partial charge in [0.15, 0.2) is 0 Å². The minimum absolute atomic E-state index is 0.939. The van der Waals surface area contributed by atoms with E-state index in [2.05, 4.69) is 105 Å². The molecule has 8 bridgehead atoms. The summed E-state index contributed by atoms with van der Waals surface area (Å²) in [5.41, 5.74) is 7.86. The average molecular weight is 513 g/mol. The van der Waals surface area contributed by atoms with Gasteiger partial charge in [-0.3, -0.25) is 0 Å². The monoisotopic (exact) mass is 512 g/mol. The molecule has 9 rings (SSSR count). The highest BCUT2D eigenvalue weighted by atomic mass is 14.8. The lowest BCUT2D eigenvalue weighted by Gasteiger charge is -2.09. The van der Waals surface area contributed by atoms with Crippen molar-refractivity contribution >= 4 is 78.7 Å². The van der Waals surface area contributed by atoms with Crippen LogP contribution in [0.2, 0.25) is 0 Å². The molecule has 0 unspecified atom stereocenters. The van der Waals surface area contributed by atoms with Gasteiger partial charge in [0.05, 0.1) is 22.8 Å². The number of nitrogens with one attached hydrogen (secondary N) is 2. The van der Waals surface area contributed by atoms with E-state index < -0.39 is 0 Å². The molecule has 4 heteroatoms. The second kappa shape index (κ2) is 9.07. The zero-order chi connectivity index (χ0) is 26.5. The number of H-pyrrole nitrogens is 2. The Kier molecular flexibility index (Phi) is 5.10. The number of nitrogens with zero attached hydrogens (tertiary/aromatic N) is 2. The zero-order valence-corrected chi connectivity index (χ0v) is 21.6. The van der Waals surface area contributed by atoms with Gasteiger partial charge < -0.3 is 9.97 Å². The summed E-state index contributed by atoms with van der Waals surface area (Å²) < 4.78 is 0. The molecule has 0 radical (unpaired) electrons. The third-order valence-corrected chi connectivity index (χ3v) is 7.43. The lowest BCUT2D eigenvalue weighted by Crippen LogP contribution is -1.82. The quantitative estimate of drug-likeness (QED) is 0.199. The van der Waals surface area contributed by atoms with Gasteiger partial charge in [-0.05, 0) is 105 Å². The maximum absolute atomic E-state index is 4.63. The van der Waals surface area contributed by atoms with E-state index in [4.69, 9.17) is 0 Å². The molecule has 0 aliphatic carbocycles. The SMILES string of the molecule is C1=Cc2cc3ccc(cc4nc(cc5ccc(cc1n2)[nH]5)C=C4)[nH]3.c1cc2ccc3cccc4ccc(c1)c2c34. The Hall–Kier alpha value is -5.48. The van der Waals surface area contributed by atoms with E-state index >= 15 is 0 Å². The van der Waals surface area contributed by atoms with Crippen LogP contribution in [0, 0.1) is 0 Å². The normalized spacial score (nSPS) is 12.3. The number of hydrogen-bond donors (Lipinski definition) is 2. The number of benzene rings is 4. The number of hydrogen-bond acceptors (Lipinski definition) is 2. The third-order valence-electron chi connectivity index (χ3n) is 7.43. The van der Waals surface area contributed by atoms with Gasteiger partial charge in [-0.1, -0.05) is 60.7 Å². The molecule has 5 heterocycles. The standard InChI is InChI=1S/C20H14N4.C16H10/c1-2-14-10-16-5-6-18(23-16)12-20-8-7-19(24-20)11-17-4-3-15(22-17)9-13(1)21-14;1-3-11-7-9-13-5-2-6-14-10-8-12(4-1)15(11)16(13)14/h1-12,21,24H;1-10H. The summed E-state index contributed by atoms with van der Waals surface area (Å²) in [6, 6.07) is 38.2. The summed E-state index contributed by atoms with van der Waals surface area (Å²) >= 11 is 0. The molecular formula is C36H24N4. The lowest BCUT2D eigenvalue weighted by molar-refractivity contribution is 1.31. The van der Waals surface area contributed by atoms with E-state index in [0.29, 0.717) is 0 Å². The first-order valence-corrected chi connectivity index (χ1v) is 13.4. The van der Waals surface area contributed by atoms with Crippen LogP contribution in [-0.2, 0) is 0 Å². The summed E-state index contributed by atoms with van der Waals surface area (Å²) in [6.45, 7) is 0. The molecule has 0 amide bonds. The molecule has 188 valence electrons. The van der Waals surface area contributed by atoms with Crippen molar-refractivity contribution in [2.75, 3.05) is 0 Å². The van der Waals surface area contributed by atoms with Crippen molar-refractivity contribution in [2.45, 2.75) is 0 Å². The zero-order valence-electron chi connectivity index (χ0n) is 21.6. The molecule has 4 aromatic carbocycles. The van der Waals surface area contributed by atoms with E-state index in [0.717, 1.165) is 44.8 Å². The Morgan fingerprint density at radius 3 is 0.950 bits per heavy atom. The molecule has 0 saturated heterocycles. The van der Waals surface area contributed by atoms with Gasteiger partial charge in [-0.15, -0.1) is 0 Å². The number of aromatic amines is 2. The topological polar surface area (TPSA) is 57.4 Å². The highest BCUT2D eigenvalue weighted by Gasteiger charge is 2.06. The van der Waals surface area contributed by atoms with Crippen LogP contribution in [0.25, 0.3) is 78.7 Å². The Morgan fingerprint density at radius 2 is 0.650 bits per heavy atom. The Bertz CT molecular complexity index is 1980. The van der Waals surface area contributed by atoms with Crippen molar-refractivity contribution < 1.29 is 0 Å². The van der Waals surface area contributed by atoms with Gasteiger partial charge in [0, 0.05) is 22.1 Å². The van der Waals surface area contributed by atoms with Crippen molar-refractivity contribution in [2.24, 2.45) is 0 Å². The van der Waals surface area contributed by atoms with Crippen molar-refractivity contribution in [1.29, 1.82) is 0 Å². The van der Waals surface area contributed by atoms with Crippen LogP contribution in [0.4, 0.5) is 0 Å². The van der Waals surface area contributed by atoms with Gasteiger partial charge in [0.2, 0.25) is 0 Å². The molecule has 2 aliphatic heterocycles. The molecule has 0 atom stereocenters. The molecule has 0 spiro atoms. The van der Waals surface area contributed by atoms with Gasteiger partial charge >= 0.3 is 0 Å². The molecule has 4 nitrogen and oxygen atoms in total. The molecule has 2 N–H and O–H groups in total. The predicted molar refractivity (Wildman–Crippen MR) is 169 cm³/mol. The fourth-order valence-corrected chi connectivity index (χ4v) is 5.61. The summed E-state index contributed by atoms with van der Waals surface area (Å²) in [6.07, 6.45) is 8.09. The largest absolute Gasteiger partial charge is 0.355 e. The summed E-state index contributed by atoms with van der Waals surface area (Å²) in [5.74, 6) is 0. The molecular weight excluding hydrogens is 488 g/mol. The van der Waals surface area contributed by atoms with E-state index in [9.17, 15) is 0 Å². The summed E-state index contributed by atoms with van der Waals surface area (Å²) in [7, 11) is 0. The smallest absolute Gasteiger partial charge is 0.0658 e. The molecule has 3 aromatic heterocycles. The summed E-state index contributed by atoms with van der Waals surface area (Å²) in [4.78, 5) is 16.0. The molecule has 0 saturated carbocycles. The maximum Gasteiger partial charge on any atom is 0.0658 e. The van der Waals surface area contributed by atoms with E-state index in [1.54, 1.807) is 0 Å². The van der Waals surface area contributed by atoms with E-state index in [1.165, 1.54) is 32.3 Å². The minimum atomic E-state index is 0.939. The minimum Gasteiger partial charge on any atom is -0.355 e. The van der Waals surface area contributed by atoms with Crippen LogP contribution in [0.15, 0.2) is 109 Å². The second-order valence-corrected chi connectivity index (χ2v) is 10.2. The van der Waals surface area contributed by atoms with Gasteiger partial charge in [-0.25, -0.2) is 9.97 Å². The van der Waals surface area contributed by atoms with E-state index in [-0.39, 0.29) is 0 Å². The highest BCUT2D eigenvalue weighted by Crippen LogP contribution is 2.33. The van der Waals surface area contributed by atoms with Crippen LogP contribution in [0.5, 0.6) is 0 Å². The molecule has 0 fully saturated rings. The predicted octanol–water partition coefficient (Wildman–Crippen LogP) is 9.24. The maximum atomic E-state index is 4.63. The van der Waals surface area contributed by atoms with Crippen LogP contribution < -0.4 is 0 Å². The van der Waals surface area contributed by atoms with Crippen LogP contribution in [0.1, 0.15) is 22.8 Å². The van der Waals surface area contributed by atoms with E-state index in [1.807, 2.05) is 48.6 Å². The third kappa shape index (κ3) is 4.12. The highest BCUT2D eigenvalue weighted by molar-refractivity contribution is 6.22. The average Bonchev–Trinajstić information content (AvgIpc) is 3.79. The van der Waals surface area contributed by atoms with Crippen molar-refractivity contribution in [3.63, 3.8) is 0 Å². The Labute approximate surface area is 230 Å². The first kappa shape index (κ1) is 22.5. The number of aromatic nitrogens is 4. The Balaban J connectivity index is 0.000000133. The first-order chi connectivity index (χ1) is 19.7.